The van der Waals surface area contributed by atoms with Crippen LogP contribution < -0.4 is 11.1 Å². The summed E-state index contributed by atoms with van der Waals surface area (Å²) < 4.78 is 13.9. The Morgan fingerprint density at radius 1 is 1.56 bits per heavy atom. The van der Waals surface area contributed by atoms with Crippen molar-refractivity contribution in [3.05, 3.63) is 28.9 Å². The number of rotatable bonds is 4. The van der Waals surface area contributed by atoms with Crippen molar-refractivity contribution >= 4 is 44.8 Å². The Morgan fingerprint density at radius 2 is 2.33 bits per heavy atom. The van der Waals surface area contributed by atoms with Gasteiger partial charge >= 0.3 is 0 Å². The molecule has 0 atom stereocenters. The number of carbonyl (C=O) groups excluding carboxylic acids is 1. The lowest BCUT2D eigenvalue weighted by atomic mass is 10.2. The highest BCUT2D eigenvalue weighted by Gasteiger charge is 2.16. The third-order valence-corrected chi connectivity index (χ3v) is 4.28. The monoisotopic (exact) mass is 284 g/mol. The van der Waals surface area contributed by atoms with Gasteiger partial charge in [-0.2, -0.15) is 11.8 Å². The third kappa shape index (κ3) is 2.59. The molecule has 0 saturated carbocycles. The van der Waals surface area contributed by atoms with Crippen molar-refractivity contribution < 1.29 is 9.18 Å². The summed E-state index contributed by atoms with van der Waals surface area (Å²) in [4.78, 5) is 12.4. The zero-order chi connectivity index (χ0) is 13.1. The Kier molecular flexibility index (Phi) is 4.08. The number of hydrogen-bond acceptors (Lipinski definition) is 4. The molecule has 0 aliphatic heterocycles. The SMILES string of the molecule is CSCCNC(=O)c1sc2ccc(F)cc2c1N. The Morgan fingerprint density at radius 3 is 3.06 bits per heavy atom. The van der Waals surface area contributed by atoms with Gasteiger partial charge in [-0.1, -0.05) is 0 Å². The molecule has 0 aliphatic carbocycles. The number of hydrogen-bond donors (Lipinski definition) is 2. The van der Waals surface area contributed by atoms with Crippen molar-refractivity contribution in [1.82, 2.24) is 5.32 Å². The number of nitrogens with one attached hydrogen (secondary N) is 1. The van der Waals surface area contributed by atoms with E-state index in [1.54, 1.807) is 17.8 Å². The quantitative estimate of drug-likeness (QED) is 0.849. The molecule has 3 N–H and O–H groups in total. The van der Waals surface area contributed by atoms with Crippen LogP contribution >= 0.6 is 23.1 Å². The minimum atomic E-state index is -0.346. The van der Waals surface area contributed by atoms with Crippen LogP contribution in [0.3, 0.4) is 0 Å². The third-order valence-electron chi connectivity index (χ3n) is 2.49. The lowest BCUT2D eigenvalue weighted by molar-refractivity contribution is 0.0961. The summed E-state index contributed by atoms with van der Waals surface area (Å²) >= 11 is 2.95. The molecule has 0 unspecified atom stereocenters. The summed E-state index contributed by atoms with van der Waals surface area (Å²) in [5, 5.41) is 3.40. The maximum atomic E-state index is 13.1. The lowest BCUT2D eigenvalue weighted by Crippen LogP contribution is -2.25. The fourth-order valence-electron chi connectivity index (χ4n) is 1.60. The molecule has 96 valence electrons. The number of anilines is 1. The van der Waals surface area contributed by atoms with Crippen LogP contribution in [0, 0.1) is 5.82 Å². The predicted octanol–water partition coefficient (Wildman–Crippen LogP) is 2.72. The average molecular weight is 284 g/mol. The predicted molar refractivity (Wildman–Crippen MR) is 76.9 cm³/mol. The van der Waals surface area contributed by atoms with Gasteiger partial charge < -0.3 is 11.1 Å². The van der Waals surface area contributed by atoms with E-state index < -0.39 is 0 Å². The largest absolute Gasteiger partial charge is 0.397 e. The van der Waals surface area contributed by atoms with E-state index in [4.69, 9.17) is 5.73 Å². The minimum absolute atomic E-state index is 0.192. The number of benzene rings is 1. The average Bonchev–Trinajstić information content (AvgIpc) is 2.67. The summed E-state index contributed by atoms with van der Waals surface area (Å²) in [6, 6.07) is 4.37. The van der Waals surface area contributed by atoms with Crippen molar-refractivity contribution in [2.24, 2.45) is 0 Å². The molecule has 0 saturated heterocycles. The molecular formula is C12H13FN2OS2. The molecule has 2 rings (SSSR count). The zero-order valence-corrected chi connectivity index (χ0v) is 11.5. The van der Waals surface area contributed by atoms with Crippen LogP contribution in [0.4, 0.5) is 10.1 Å². The lowest BCUT2D eigenvalue weighted by Gasteiger charge is -2.02. The van der Waals surface area contributed by atoms with Gasteiger partial charge in [-0.05, 0) is 24.5 Å². The second-order valence-corrected chi connectivity index (χ2v) is 5.77. The molecule has 1 amide bonds. The number of nitrogen functional groups attached to an aromatic ring is 1. The van der Waals surface area contributed by atoms with Gasteiger partial charge in [0.05, 0.1) is 5.69 Å². The highest BCUT2D eigenvalue weighted by atomic mass is 32.2. The molecule has 2 aromatic rings. The Bertz CT molecular complexity index is 583. The van der Waals surface area contributed by atoms with Gasteiger partial charge in [0.15, 0.2) is 0 Å². The molecular weight excluding hydrogens is 271 g/mol. The van der Waals surface area contributed by atoms with Crippen molar-refractivity contribution in [3.8, 4) is 0 Å². The fraction of sp³-hybridized carbons (Fsp3) is 0.250. The van der Waals surface area contributed by atoms with Gasteiger partial charge in [0.2, 0.25) is 0 Å². The number of fused-ring (bicyclic) bond motifs is 1. The first kappa shape index (κ1) is 13.2. The Balaban J connectivity index is 2.28. The number of nitrogens with two attached hydrogens (primary N) is 1. The van der Waals surface area contributed by atoms with E-state index >= 15 is 0 Å². The molecule has 0 aliphatic rings. The van der Waals surface area contributed by atoms with E-state index in [1.807, 2.05) is 6.26 Å². The summed E-state index contributed by atoms with van der Waals surface area (Å²) in [6.45, 7) is 0.599. The molecule has 6 heteroatoms. The van der Waals surface area contributed by atoms with Crippen LogP contribution in [0.15, 0.2) is 18.2 Å². The summed E-state index contributed by atoms with van der Waals surface area (Å²) in [5.74, 6) is 0.315. The van der Waals surface area contributed by atoms with Crippen LogP contribution in [-0.4, -0.2) is 24.5 Å². The van der Waals surface area contributed by atoms with Crippen LogP contribution in [-0.2, 0) is 0 Å². The van der Waals surface area contributed by atoms with E-state index in [9.17, 15) is 9.18 Å². The first-order valence-corrected chi connectivity index (χ1v) is 7.59. The van der Waals surface area contributed by atoms with E-state index in [0.717, 1.165) is 10.5 Å². The topological polar surface area (TPSA) is 55.1 Å². The molecule has 1 heterocycles. The Hall–Kier alpha value is -1.27. The second-order valence-electron chi connectivity index (χ2n) is 3.73. The molecule has 1 aromatic carbocycles. The summed E-state index contributed by atoms with van der Waals surface area (Å²) in [6.07, 6.45) is 1.97. The number of thioether (sulfide) groups is 1. The van der Waals surface area contributed by atoms with Gasteiger partial charge in [-0.25, -0.2) is 4.39 Å². The molecule has 1 aromatic heterocycles. The van der Waals surface area contributed by atoms with Gasteiger partial charge in [-0.15, -0.1) is 11.3 Å². The first-order valence-electron chi connectivity index (χ1n) is 5.38. The number of amides is 1. The van der Waals surface area contributed by atoms with Crippen molar-refractivity contribution in [2.45, 2.75) is 0 Å². The smallest absolute Gasteiger partial charge is 0.263 e. The van der Waals surface area contributed by atoms with Gasteiger partial charge in [0.25, 0.3) is 5.91 Å². The van der Waals surface area contributed by atoms with Gasteiger partial charge in [0, 0.05) is 22.4 Å². The standard InChI is InChI=1S/C12H13FN2OS2/c1-17-5-4-15-12(16)11-10(14)8-6-7(13)2-3-9(8)18-11/h2-3,6H,4-5,14H2,1H3,(H,15,16). The van der Waals surface area contributed by atoms with Crippen LogP contribution in [0.5, 0.6) is 0 Å². The van der Waals surface area contributed by atoms with Crippen LogP contribution in [0.2, 0.25) is 0 Å². The molecule has 0 radical (unpaired) electrons. The van der Waals surface area contributed by atoms with E-state index in [1.165, 1.54) is 23.5 Å². The summed E-state index contributed by atoms with van der Waals surface area (Å²) in [5.41, 5.74) is 6.25. The molecule has 0 bridgehead atoms. The van der Waals surface area contributed by atoms with Crippen molar-refractivity contribution in [1.29, 1.82) is 0 Å². The zero-order valence-electron chi connectivity index (χ0n) is 9.83. The van der Waals surface area contributed by atoms with E-state index in [-0.39, 0.29) is 11.7 Å². The molecule has 3 nitrogen and oxygen atoms in total. The maximum Gasteiger partial charge on any atom is 0.263 e. The number of thiophene rings is 1. The van der Waals surface area contributed by atoms with Gasteiger partial charge in [-0.3, -0.25) is 4.79 Å². The number of carbonyl (C=O) groups is 1. The maximum absolute atomic E-state index is 13.1. The fourth-order valence-corrected chi connectivity index (χ4v) is 2.93. The van der Waals surface area contributed by atoms with Crippen molar-refractivity contribution in [3.63, 3.8) is 0 Å². The molecule has 18 heavy (non-hydrogen) atoms. The molecule has 0 fully saturated rings. The number of halogens is 1. The minimum Gasteiger partial charge on any atom is -0.397 e. The summed E-state index contributed by atoms with van der Waals surface area (Å²) in [7, 11) is 0. The van der Waals surface area contributed by atoms with E-state index in [0.29, 0.717) is 22.5 Å². The molecule has 0 spiro atoms. The van der Waals surface area contributed by atoms with Crippen LogP contribution in [0.1, 0.15) is 9.67 Å². The van der Waals surface area contributed by atoms with Crippen LogP contribution in [0.25, 0.3) is 10.1 Å². The Labute approximate surface area is 113 Å². The normalized spacial score (nSPS) is 10.8. The van der Waals surface area contributed by atoms with E-state index in [2.05, 4.69) is 5.32 Å². The first-order chi connectivity index (χ1) is 8.63. The second kappa shape index (κ2) is 5.58. The van der Waals surface area contributed by atoms with Crippen molar-refractivity contribution in [2.75, 3.05) is 24.3 Å². The highest BCUT2D eigenvalue weighted by Crippen LogP contribution is 2.33. The highest BCUT2D eigenvalue weighted by molar-refractivity contribution is 7.98. The van der Waals surface area contributed by atoms with Gasteiger partial charge in [0.1, 0.15) is 10.7 Å².